The van der Waals surface area contributed by atoms with Gasteiger partial charge >= 0.3 is 6.18 Å². The Balaban J connectivity index is 1.12. The number of hydrogen-bond donors (Lipinski definition) is 3. The molecule has 16 heteroatoms. The number of furan rings is 1. The molecule has 0 bridgehead atoms. The van der Waals surface area contributed by atoms with Crippen molar-refractivity contribution < 1.29 is 45.1 Å². The van der Waals surface area contributed by atoms with E-state index in [1.54, 1.807) is 30.3 Å². The molecular weight excluding hydrogens is 740 g/mol. The summed E-state index contributed by atoms with van der Waals surface area (Å²) in [5.74, 6) is -2.17. The van der Waals surface area contributed by atoms with E-state index in [-0.39, 0.29) is 30.7 Å². The maximum absolute atomic E-state index is 14.2. The van der Waals surface area contributed by atoms with E-state index in [2.05, 4.69) is 10.0 Å². The van der Waals surface area contributed by atoms with Gasteiger partial charge in [-0.15, -0.1) is 0 Å². The lowest BCUT2D eigenvalue weighted by molar-refractivity contribution is -0.140. The number of sulfonamides is 1. The molecule has 55 heavy (non-hydrogen) atoms. The summed E-state index contributed by atoms with van der Waals surface area (Å²) in [6, 6.07) is 11.2. The number of rotatable bonds is 6. The first-order valence-electron chi connectivity index (χ1n) is 18.5. The van der Waals surface area contributed by atoms with Crippen molar-refractivity contribution in [2.45, 2.75) is 92.9 Å². The minimum atomic E-state index is -4.52. The zero-order chi connectivity index (χ0) is 38.7. The largest absolute Gasteiger partial charge is 0.484 e. The Morgan fingerprint density at radius 3 is 2.56 bits per heavy atom. The number of carbonyl (C=O) groups is 3. The highest BCUT2D eigenvalue weighted by atomic mass is 32.2. The van der Waals surface area contributed by atoms with Crippen LogP contribution >= 0.6 is 0 Å². The summed E-state index contributed by atoms with van der Waals surface area (Å²) in [6.07, 6.45) is 2.98. The third-order valence-electron chi connectivity index (χ3n) is 11.0. The fourth-order valence-electron chi connectivity index (χ4n) is 7.64. The fourth-order valence-corrected chi connectivity index (χ4v) is 9.00. The standard InChI is InChI=1S/C39H40F3N5O7S/c40-39(41,42)23-14-12-22(13-15-23)29-19-32(34-33(44-29)27-9-6-7-11-31(27)54-34)53-25-18-30-35(48)45-38(37(50)46-55(51,52)26-16-17-26)20-24(38)8-4-2-1-3-5-10-28(43)36(49)47(30)21-25/h4,6-9,11-15,19,24-26,28,30H,1-3,5,10,16-18,20-21,43H2,(H,45,48)(H,46,50)/b8-4-/t24-,25+,28-,30-,38+/m0/s1. The molecule has 8 rings (SSSR count). The zero-order valence-corrected chi connectivity index (χ0v) is 30.5. The number of hydrogen-bond acceptors (Lipinski definition) is 9. The number of alkyl halides is 3. The molecule has 2 aliphatic heterocycles. The van der Waals surface area contributed by atoms with Gasteiger partial charge in [0.15, 0.2) is 11.3 Å². The molecule has 0 radical (unpaired) electrons. The van der Waals surface area contributed by atoms with E-state index in [0.29, 0.717) is 59.8 Å². The van der Waals surface area contributed by atoms with Crippen LogP contribution in [0.4, 0.5) is 13.2 Å². The van der Waals surface area contributed by atoms with Crippen molar-refractivity contribution in [1.29, 1.82) is 0 Å². The van der Waals surface area contributed by atoms with Crippen LogP contribution in [0.5, 0.6) is 5.75 Å². The summed E-state index contributed by atoms with van der Waals surface area (Å²) in [5.41, 5.74) is 5.97. The van der Waals surface area contributed by atoms with Crippen LogP contribution in [0.25, 0.3) is 33.3 Å². The number of aromatic nitrogens is 1. The van der Waals surface area contributed by atoms with Crippen molar-refractivity contribution in [3.63, 3.8) is 0 Å². The third-order valence-corrected chi connectivity index (χ3v) is 12.8. The van der Waals surface area contributed by atoms with Gasteiger partial charge < -0.3 is 25.1 Å². The van der Waals surface area contributed by atoms with Crippen LogP contribution < -0.4 is 20.5 Å². The molecule has 2 aromatic carbocycles. The molecule has 0 spiro atoms. The second kappa shape index (κ2) is 14.0. The van der Waals surface area contributed by atoms with E-state index in [4.69, 9.17) is 19.9 Å². The van der Waals surface area contributed by atoms with Crippen LogP contribution in [0.1, 0.15) is 63.4 Å². The van der Waals surface area contributed by atoms with Gasteiger partial charge in [0, 0.05) is 29.4 Å². The van der Waals surface area contributed by atoms with Crippen LogP contribution in [0.15, 0.2) is 71.2 Å². The Hall–Kier alpha value is -4.96. The number of allylic oxidation sites excluding steroid dienone is 1. The molecule has 0 unspecified atom stereocenters. The van der Waals surface area contributed by atoms with Crippen LogP contribution in [0.2, 0.25) is 0 Å². The summed E-state index contributed by atoms with van der Waals surface area (Å²) in [7, 11) is -3.91. The molecule has 4 aliphatic rings. The van der Waals surface area contributed by atoms with Gasteiger partial charge in [0.05, 0.1) is 29.1 Å². The van der Waals surface area contributed by atoms with Gasteiger partial charge in [-0.25, -0.2) is 13.4 Å². The molecule has 2 aliphatic carbocycles. The smallest absolute Gasteiger partial charge is 0.416 e. The molecule has 290 valence electrons. The second-order valence-corrected chi connectivity index (χ2v) is 16.9. The monoisotopic (exact) mass is 779 g/mol. The first-order valence-corrected chi connectivity index (χ1v) is 20.1. The van der Waals surface area contributed by atoms with E-state index < -0.39 is 74.4 Å². The molecule has 3 amide bonds. The molecule has 1 saturated heterocycles. The van der Waals surface area contributed by atoms with Gasteiger partial charge in [0.2, 0.25) is 21.8 Å². The number of pyridine rings is 1. The molecule has 2 aromatic heterocycles. The maximum atomic E-state index is 14.2. The number of para-hydroxylation sites is 1. The van der Waals surface area contributed by atoms with E-state index in [0.717, 1.165) is 25.0 Å². The third kappa shape index (κ3) is 7.29. The van der Waals surface area contributed by atoms with E-state index >= 15 is 0 Å². The molecule has 5 atom stereocenters. The Morgan fingerprint density at radius 1 is 1.05 bits per heavy atom. The number of benzene rings is 2. The van der Waals surface area contributed by atoms with Gasteiger partial charge in [-0.2, -0.15) is 13.2 Å². The van der Waals surface area contributed by atoms with Crippen LogP contribution in [0.3, 0.4) is 0 Å². The average molecular weight is 780 g/mol. The number of nitrogens with zero attached hydrogens (tertiary/aromatic N) is 2. The number of nitrogens with two attached hydrogens (primary N) is 1. The Bertz CT molecular complexity index is 2310. The highest BCUT2D eigenvalue weighted by Gasteiger charge is 2.62. The second-order valence-electron chi connectivity index (χ2n) is 15.0. The molecule has 2 saturated carbocycles. The SMILES string of the molecule is N[C@H]1CCCCC/C=C\[C@H]2C[C@@]2(C(=O)NS(=O)(=O)C2CC2)NC(=O)[C@@H]2C[C@@H](Oc3cc(-c4ccc(C(F)(F)F)cc4)nc4c3oc3ccccc34)CN2C1=O. The molecule has 4 aromatic rings. The minimum Gasteiger partial charge on any atom is -0.484 e. The van der Waals surface area contributed by atoms with Crippen molar-refractivity contribution >= 4 is 49.8 Å². The van der Waals surface area contributed by atoms with Crippen LogP contribution in [0, 0.1) is 5.92 Å². The number of halogens is 3. The fraction of sp³-hybridized carbons (Fsp3) is 0.436. The first-order chi connectivity index (χ1) is 26.2. The van der Waals surface area contributed by atoms with E-state index in [1.165, 1.54) is 17.0 Å². The quantitative estimate of drug-likeness (QED) is 0.218. The summed E-state index contributed by atoms with van der Waals surface area (Å²) in [5, 5.41) is 2.84. The predicted octanol–water partition coefficient (Wildman–Crippen LogP) is 5.35. The Labute approximate surface area is 314 Å². The number of amides is 3. The summed E-state index contributed by atoms with van der Waals surface area (Å²) >= 11 is 0. The lowest BCUT2D eigenvalue weighted by Gasteiger charge is -2.28. The van der Waals surface area contributed by atoms with Crippen molar-refractivity contribution in [2.24, 2.45) is 11.7 Å². The topological polar surface area (TPSA) is 174 Å². The van der Waals surface area contributed by atoms with Crippen molar-refractivity contribution in [2.75, 3.05) is 6.54 Å². The highest BCUT2D eigenvalue weighted by molar-refractivity contribution is 7.91. The van der Waals surface area contributed by atoms with Gasteiger partial charge in [-0.1, -0.05) is 49.3 Å². The predicted molar refractivity (Wildman–Crippen MR) is 196 cm³/mol. The van der Waals surface area contributed by atoms with Crippen molar-refractivity contribution in [3.8, 4) is 17.0 Å². The highest BCUT2D eigenvalue weighted by Crippen LogP contribution is 2.46. The normalized spacial score (nSPS) is 27.1. The molecule has 4 N–H and O–H groups in total. The average Bonchev–Trinajstić information content (AvgIpc) is 4.05. The van der Waals surface area contributed by atoms with E-state index in [9.17, 15) is 36.0 Å². The van der Waals surface area contributed by atoms with Crippen molar-refractivity contribution in [3.05, 3.63) is 72.3 Å². The lowest BCUT2D eigenvalue weighted by atomic mass is 10.1. The van der Waals surface area contributed by atoms with Gasteiger partial charge in [-0.05, 0) is 62.8 Å². The minimum absolute atomic E-state index is 0.0114. The van der Waals surface area contributed by atoms with Gasteiger partial charge in [0.1, 0.15) is 28.8 Å². The van der Waals surface area contributed by atoms with Crippen LogP contribution in [-0.2, 0) is 30.6 Å². The molecule has 12 nitrogen and oxygen atoms in total. The molecular formula is C39H40F3N5O7S. The van der Waals surface area contributed by atoms with E-state index in [1.807, 2.05) is 12.2 Å². The molecule has 3 fully saturated rings. The Kier molecular flexibility index (Phi) is 9.39. The summed E-state index contributed by atoms with van der Waals surface area (Å²) in [4.78, 5) is 47.9. The number of fused-ring (bicyclic) bond motifs is 5. The summed E-state index contributed by atoms with van der Waals surface area (Å²) < 4.78 is 80.6. The lowest BCUT2D eigenvalue weighted by Crippen LogP contribution is -2.57. The number of ether oxygens (including phenoxy) is 1. The summed E-state index contributed by atoms with van der Waals surface area (Å²) in [6.45, 7) is -0.0527. The zero-order valence-electron chi connectivity index (χ0n) is 29.7. The first kappa shape index (κ1) is 37.0. The van der Waals surface area contributed by atoms with Gasteiger partial charge in [0.25, 0.3) is 5.91 Å². The number of nitrogens with one attached hydrogen (secondary N) is 2. The molecule has 4 heterocycles. The van der Waals surface area contributed by atoms with Crippen LogP contribution in [-0.4, -0.2) is 71.5 Å². The maximum Gasteiger partial charge on any atom is 0.416 e. The van der Waals surface area contributed by atoms with Gasteiger partial charge in [-0.3, -0.25) is 19.1 Å². The van der Waals surface area contributed by atoms with Crippen molar-refractivity contribution in [1.82, 2.24) is 19.9 Å². The Morgan fingerprint density at radius 2 is 1.82 bits per heavy atom. The number of carbonyl (C=O) groups excluding carboxylic acids is 3.